The van der Waals surface area contributed by atoms with Crippen molar-refractivity contribution in [3.05, 3.63) is 24.3 Å². The molecule has 2 aromatic rings. The number of hydrogen-bond donors (Lipinski definition) is 3. The van der Waals surface area contributed by atoms with Crippen molar-refractivity contribution in [1.82, 2.24) is 9.97 Å². The smallest absolute Gasteiger partial charge is 0.225 e. The molecule has 128 valence electrons. The molecule has 0 unspecified atom stereocenters. The fourth-order valence-electron chi connectivity index (χ4n) is 3.65. The number of primary amides is 1. The Balaban J connectivity index is 1.76. The number of hydrogen-bond acceptors (Lipinski definition) is 5. The molecular weight excluding hydrogens is 302 g/mol. The van der Waals surface area contributed by atoms with Crippen molar-refractivity contribution in [2.45, 2.75) is 45.1 Å². The second-order valence-corrected chi connectivity index (χ2v) is 7.25. The highest BCUT2D eigenvalue weighted by Crippen LogP contribution is 2.37. The van der Waals surface area contributed by atoms with Crippen LogP contribution in [0, 0.1) is 11.8 Å². The predicted molar refractivity (Wildman–Crippen MR) is 96.3 cm³/mol. The molecule has 1 aliphatic rings. The number of nitrogens with zero attached hydrogens (tertiary/aromatic N) is 2. The van der Waals surface area contributed by atoms with Crippen molar-refractivity contribution in [2.75, 3.05) is 11.1 Å². The maximum Gasteiger partial charge on any atom is 0.225 e. The van der Waals surface area contributed by atoms with Gasteiger partial charge in [-0.3, -0.25) is 4.79 Å². The number of para-hydroxylation sites is 1. The molecule has 0 radical (unpaired) electrons. The SMILES string of the molecule is CC(C)(Nc1nc(N)c2ccccc2n1)C1CCC(C(N)=O)CC1. The number of carbonyl (C=O) groups excluding carboxylic acids is 1. The molecule has 1 saturated carbocycles. The maximum absolute atomic E-state index is 11.3. The van der Waals surface area contributed by atoms with Gasteiger partial charge in [0.1, 0.15) is 5.82 Å². The van der Waals surface area contributed by atoms with Crippen LogP contribution in [-0.4, -0.2) is 21.4 Å². The first-order chi connectivity index (χ1) is 11.4. The van der Waals surface area contributed by atoms with Crippen molar-refractivity contribution in [3.8, 4) is 0 Å². The van der Waals surface area contributed by atoms with Crippen LogP contribution in [0.25, 0.3) is 10.9 Å². The summed E-state index contributed by atoms with van der Waals surface area (Å²) in [4.78, 5) is 20.3. The van der Waals surface area contributed by atoms with Gasteiger partial charge in [0.25, 0.3) is 0 Å². The first kappa shape index (κ1) is 16.5. The summed E-state index contributed by atoms with van der Waals surface area (Å²) in [6, 6.07) is 7.72. The highest BCUT2D eigenvalue weighted by molar-refractivity contribution is 5.88. The molecule has 0 bridgehead atoms. The molecule has 3 rings (SSSR count). The Kier molecular flexibility index (Phi) is 4.30. The third-order valence-electron chi connectivity index (χ3n) is 5.22. The summed E-state index contributed by atoms with van der Waals surface area (Å²) in [7, 11) is 0. The van der Waals surface area contributed by atoms with Crippen molar-refractivity contribution in [3.63, 3.8) is 0 Å². The highest BCUT2D eigenvalue weighted by Gasteiger charge is 2.35. The second-order valence-electron chi connectivity index (χ2n) is 7.25. The van der Waals surface area contributed by atoms with Gasteiger partial charge in [-0.15, -0.1) is 0 Å². The summed E-state index contributed by atoms with van der Waals surface area (Å²) in [5.41, 5.74) is 12.1. The lowest BCUT2D eigenvalue weighted by Gasteiger charge is -2.39. The number of rotatable bonds is 4. The van der Waals surface area contributed by atoms with Gasteiger partial charge in [-0.25, -0.2) is 4.98 Å². The highest BCUT2D eigenvalue weighted by atomic mass is 16.1. The third kappa shape index (κ3) is 3.27. The van der Waals surface area contributed by atoms with Crippen LogP contribution in [0.3, 0.4) is 0 Å². The fraction of sp³-hybridized carbons (Fsp3) is 0.500. The van der Waals surface area contributed by atoms with E-state index >= 15 is 0 Å². The fourth-order valence-corrected chi connectivity index (χ4v) is 3.65. The minimum Gasteiger partial charge on any atom is -0.383 e. The van der Waals surface area contributed by atoms with Gasteiger partial charge < -0.3 is 16.8 Å². The molecule has 24 heavy (non-hydrogen) atoms. The average Bonchev–Trinajstić information content (AvgIpc) is 2.54. The lowest BCUT2D eigenvalue weighted by molar-refractivity contribution is -0.123. The number of benzene rings is 1. The Hall–Kier alpha value is -2.37. The number of nitrogens with two attached hydrogens (primary N) is 2. The van der Waals surface area contributed by atoms with Crippen LogP contribution in [0.15, 0.2) is 24.3 Å². The van der Waals surface area contributed by atoms with Crippen molar-refractivity contribution in [2.24, 2.45) is 17.6 Å². The van der Waals surface area contributed by atoms with Crippen LogP contribution in [0.5, 0.6) is 0 Å². The molecule has 1 heterocycles. The molecule has 5 N–H and O–H groups in total. The zero-order chi connectivity index (χ0) is 17.3. The van der Waals surface area contributed by atoms with Gasteiger partial charge in [-0.2, -0.15) is 4.98 Å². The molecule has 1 fully saturated rings. The van der Waals surface area contributed by atoms with Gasteiger partial charge in [0.15, 0.2) is 0 Å². The number of carbonyl (C=O) groups is 1. The van der Waals surface area contributed by atoms with Gasteiger partial charge in [0, 0.05) is 16.8 Å². The molecule has 1 aliphatic carbocycles. The predicted octanol–water partition coefficient (Wildman–Crippen LogP) is 2.69. The van der Waals surface area contributed by atoms with Crippen LogP contribution >= 0.6 is 0 Å². The molecule has 1 amide bonds. The zero-order valence-corrected chi connectivity index (χ0v) is 14.2. The van der Waals surface area contributed by atoms with E-state index in [-0.39, 0.29) is 17.4 Å². The van der Waals surface area contributed by atoms with Gasteiger partial charge >= 0.3 is 0 Å². The summed E-state index contributed by atoms with van der Waals surface area (Å²) in [5.74, 6) is 1.31. The number of nitrogens with one attached hydrogen (secondary N) is 1. The van der Waals surface area contributed by atoms with E-state index < -0.39 is 0 Å². The van der Waals surface area contributed by atoms with Gasteiger partial charge in [-0.1, -0.05) is 12.1 Å². The lowest BCUT2D eigenvalue weighted by atomic mass is 9.73. The number of amides is 1. The number of aromatic nitrogens is 2. The topological polar surface area (TPSA) is 107 Å². The Morgan fingerprint density at radius 2 is 1.83 bits per heavy atom. The Morgan fingerprint density at radius 3 is 2.50 bits per heavy atom. The molecule has 6 heteroatoms. The van der Waals surface area contributed by atoms with Crippen LogP contribution in [0.1, 0.15) is 39.5 Å². The first-order valence-corrected chi connectivity index (χ1v) is 8.46. The van der Waals surface area contributed by atoms with E-state index in [1.54, 1.807) is 0 Å². The molecule has 0 aliphatic heterocycles. The molecule has 1 aromatic heterocycles. The second kappa shape index (κ2) is 6.26. The van der Waals surface area contributed by atoms with E-state index in [9.17, 15) is 4.79 Å². The molecule has 0 saturated heterocycles. The molecule has 0 spiro atoms. The average molecular weight is 327 g/mol. The maximum atomic E-state index is 11.3. The Bertz CT molecular complexity index is 750. The standard InChI is InChI=1S/C18H25N5O/c1-18(2,12-9-7-11(8-10-12)16(20)24)23-17-21-14-6-4-3-5-13(14)15(19)22-17/h3-6,11-12H,7-10H2,1-2H3,(H2,20,24)(H3,19,21,22,23). The van der Waals surface area contributed by atoms with E-state index in [0.717, 1.165) is 36.6 Å². The largest absolute Gasteiger partial charge is 0.383 e. The van der Waals surface area contributed by atoms with E-state index in [2.05, 4.69) is 29.1 Å². The van der Waals surface area contributed by atoms with Gasteiger partial charge in [-0.05, 0) is 57.6 Å². The zero-order valence-electron chi connectivity index (χ0n) is 14.2. The van der Waals surface area contributed by atoms with E-state index in [1.807, 2.05) is 24.3 Å². The summed E-state index contributed by atoms with van der Waals surface area (Å²) in [6.45, 7) is 4.30. The molecule has 1 aromatic carbocycles. The summed E-state index contributed by atoms with van der Waals surface area (Å²) in [6.07, 6.45) is 3.64. The van der Waals surface area contributed by atoms with Crippen LogP contribution in [0.2, 0.25) is 0 Å². The molecule has 0 atom stereocenters. The summed E-state index contributed by atoms with van der Waals surface area (Å²) in [5, 5.41) is 4.31. The van der Waals surface area contributed by atoms with Crippen LogP contribution < -0.4 is 16.8 Å². The molecular formula is C18H25N5O. The van der Waals surface area contributed by atoms with Crippen LogP contribution in [0.4, 0.5) is 11.8 Å². The normalized spacial score (nSPS) is 21.6. The number of nitrogen functional groups attached to an aromatic ring is 1. The minimum absolute atomic E-state index is 0.0182. The first-order valence-electron chi connectivity index (χ1n) is 8.46. The number of fused-ring (bicyclic) bond motifs is 1. The lowest BCUT2D eigenvalue weighted by Crippen LogP contribution is -2.43. The van der Waals surface area contributed by atoms with Crippen molar-refractivity contribution < 1.29 is 4.79 Å². The Morgan fingerprint density at radius 1 is 1.17 bits per heavy atom. The van der Waals surface area contributed by atoms with Gasteiger partial charge in [0.05, 0.1) is 5.52 Å². The number of anilines is 2. The van der Waals surface area contributed by atoms with E-state index in [0.29, 0.717) is 17.7 Å². The van der Waals surface area contributed by atoms with Crippen molar-refractivity contribution in [1.29, 1.82) is 0 Å². The monoisotopic (exact) mass is 327 g/mol. The minimum atomic E-state index is -0.183. The van der Waals surface area contributed by atoms with E-state index in [1.165, 1.54) is 0 Å². The summed E-state index contributed by atoms with van der Waals surface area (Å²) >= 11 is 0. The summed E-state index contributed by atoms with van der Waals surface area (Å²) < 4.78 is 0. The van der Waals surface area contributed by atoms with Crippen LogP contribution in [-0.2, 0) is 4.79 Å². The quantitative estimate of drug-likeness (QED) is 0.800. The Labute approximate surface area is 142 Å². The molecule has 6 nitrogen and oxygen atoms in total. The van der Waals surface area contributed by atoms with Gasteiger partial charge in [0.2, 0.25) is 11.9 Å². The van der Waals surface area contributed by atoms with E-state index in [4.69, 9.17) is 11.5 Å². The third-order valence-corrected chi connectivity index (χ3v) is 5.22. The van der Waals surface area contributed by atoms with Crippen molar-refractivity contribution >= 4 is 28.6 Å².